The van der Waals surface area contributed by atoms with E-state index < -0.39 is 17.8 Å². The van der Waals surface area contributed by atoms with Crippen molar-refractivity contribution in [3.05, 3.63) is 94.5 Å². The van der Waals surface area contributed by atoms with Gasteiger partial charge >= 0.3 is 17.8 Å². The van der Waals surface area contributed by atoms with Gasteiger partial charge in [0.2, 0.25) is 0 Å². The molecule has 0 heterocycles. The van der Waals surface area contributed by atoms with Crippen LogP contribution in [0.25, 0.3) is 0 Å². The summed E-state index contributed by atoms with van der Waals surface area (Å²) in [6.45, 7) is 5.58. The summed E-state index contributed by atoms with van der Waals surface area (Å²) < 4.78 is 5.40. The van der Waals surface area contributed by atoms with Crippen LogP contribution in [0, 0.1) is 20.8 Å². The van der Waals surface area contributed by atoms with Crippen LogP contribution in [-0.2, 0) is 9.59 Å². The summed E-state index contributed by atoms with van der Waals surface area (Å²) in [7, 11) is 0. The summed E-state index contributed by atoms with van der Waals surface area (Å²) in [5.41, 5.74) is 6.48. The Morgan fingerprint density at radius 2 is 1.53 bits per heavy atom. The fraction of sp³-hybridized carbons (Fsp3) is 0.120. The first-order valence-electron chi connectivity index (χ1n) is 9.93. The SMILES string of the molecule is Cc1cccc(C(=O)Oc2cccc(/C=N/NC(=O)C(=O)Nc3c(C)cccc3C)c2)c1. The van der Waals surface area contributed by atoms with Crippen molar-refractivity contribution in [3.63, 3.8) is 0 Å². The van der Waals surface area contributed by atoms with Crippen molar-refractivity contribution in [2.45, 2.75) is 20.8 Å². The Labute approximate surface area is 186 Å². The number of ether oxygens (including phenoxy) is 1. The molecule has 0 radical (unpaired) electrons. The van der Waals surface area contributed by atoms with E-state index in [0.29, 0.717) is 22.6 Å². The normalized spacial score (nSPS) is 10.6. The molecular formula is C25H23N3O4. The van der Waals surface area contributed by atoms with Gasteiger partial charge in [-0.25, -0.2) is 10.2 Å². The molecule has 0 spiro atoms. The first-order chi connectivity index (χ1) is 15.3. The number of amides is 2. The third kappa shape index (κ3) is 5.89. The predicted molar refractivity (Wildman–Crippen MR) is 123 cm³/mol. The summed E-state index contributed by atoms with van der Waals surface area (Å²) >= 11 is 0. The van der Waals surface area contributed by atoms with Gasteiger partial charge in [-0.1, -0.05) is 48.0 Å². The van der Waals surface area contributed by atoms with E-state index in [9.17, 15) is 14.4 Å². The molecule has 7 nitrogen and oxygen atoms in total. The predicted octanol–water partition coefficient (Wildman–Crippen LogP) is 3.92. The molecule has 0 aromatic heterocycles. The van der Waals surface area contributed by atoms with Gasteiger partial charge in [0.05, 0.1) is 11.8 Å². The van der Waals surface area contributed by atoms with Crippen LogP contribution in [0.5, 0.6) is 5.75 Å². The number of carbonyl (C=O) groups is 3. The van der Waals surface area contributed by atoms with E-state index in [1.54, 1.807) is 42.5 Å². The van der Waals surface area contributed by atoms with Crippen molar-refractivity contribution in [2.75, 3.05) is 5.32 Å². The van der Waals surface area contributed by atoms with E-state index in [1.807, 2.05) is 45.0 Å². The van der Waals surface area contributed by atoms with Crippen LogP contribution in [0.4, 0.5) is 5.69 Å². The van der Waals surface area contributed by atoms with Gasteiger partial charge in [0.25, 0.3) is 0 Å². The third-order valence-corrected chi connectivity index (χ3v) is 4.63. The highest BCUT2D eigenvalue weighted by Gasteiger charge is 2.15. The molecule has 2 N–H and O–H groups in total. The zero-order valence-corrected chi connectivity index (χ0v) is 18.0. The lowest BCUT2D eigenvalue weighted by atomic mass is 10.1. The van der Waals surface area contributed by atoms with Crippen molar-refractivity contribution in [1.82, 2.24) is 5.43 Å². The number of nitrogens with one attached hydrogen (secondary N) is 2. The lowest BCUT2D eigenvalue weighted by molar-refractivity contribution is -0.136. The first-order valence-corrected chi connectivity index (χ1v) is 9.93. The van der Waals surface area contributed by atoms with Crippen LogP contribution >= 0.6 is 0 Å². The van der Waals surface area contributed by atoms with Gasteiger partial charge in [-0.05, 0) is 61.7 Å². The monoisotopic (exact) mass is 429 g/mol. The maximum atomic E-state index is 12.3. The van der Waals surface area contributed by atoms with E-state index in [2.05, 4.69) is 15.8 Å². The molecule has 0 atom stereocenters. The zero-order chi connectivity index (χ0) is 23.1. The maximum absolute atomic E-state index is 12.3. The molecule has 0 bridgehead atoms. The molecule has 3 aromatic rings. The molecule has 7 heteroatoms. The van der Waals surface area contributed by atoms with E-state index in [-0.39, 0.29) is 0 Å². The Bertz CT molecular complexity index is 1180. The van der Waals surface area contributed by atoms with Crippen LogP contribution in [0.1, 0.15) is 32.6 Å². The van der Waals surface area contributed by atoms with Crippen LogP contribution in [0.3, 0.4) is 0 Å². The smallest absolute Gasteiger partial charge is 0.343 e. The molecule has 0 aliphatic heterocycles. The van der Waals surface area contributed by atoms with Crippen molar-refractivity contribution in [2.24, 2.45) is 5.10 Å². The number of carbonyl (C=O) groups excluding carboxylic acids is 3. The lowest BCUT2D eigenvalue weighted by Gasteiger charge is -2.10. The molecular weight excluding hydrogens is 406 g/mol. The molecule has 3 aromatic carbocycles. The number of benzene rings is 3. The molecule has 162 valence electrons. The molecule has 2 amide bonds. The van der Waals surface area contributed by atoms with Crippen molar-refractivity contribution < 1.29 is 19.1 Å². The summed E-state index contributed by atoms with van der Waals surface area (Å²) in [5, 5.41) is 6.41. The minimum Gasteiger partial charge on any atom is -0.423 e. The highest BCUT2D eigenvalue weighted by molar-refractivity contribution is 6.39. The molecule has 0 saturated carbocycles. The highest BCUT2D eigenvalue weighted by atomic mass is 16.5. The lowest BCUT2D eigenvalue weighted by Crippen LogP contribution is -2.32. The number of esters is 1. The average molecular weight is 429 g/mol. The molecule has 0 unspecified atom stereocenters. The minimum absolute atomic E-state index is 0.333. The number of hydrogen-bond acceptors (Lipinski definition) is 5. The van der Waals surface area contributed by atoms with Gasteiger partial charge in [-0.2, -0.15) is 5.10 Å². The molecule has 3 rings (SSSR count). The van der Waals surface area contributed by atoms with E-state index in [1.165, 1.54) is 6.21 Å². The number of rotatable bonds is 5. The van der Waals surface area contributed by atoms with Crippen molar-refractivity contribution in [3.8, 4) is 5.75 Å². The molecule has 0 aliphatic rings. The zero-order valence-electron chi connectivity index (χ0n) is 18.0. The van der Waals surface area contributed by atoms with Crippen LogP contribution in [-0.4, -0.2) is 24.0 Å². The Morgan fingerprint density at radius 1 is 0.844 bits per heavy atom. The van der Waals surface area contributed by atoms with Gasteiger partial charge in [0.1, 0.15) is 5.75 Å². The summed E-state index contributed by atoms with van der Waals surface area (Å²) in [5.74, 6) is -1.86. The van der Waals surface area contributed by atoms with E-state index in [0.717, 1.165) is 16.7 Å². The van der Waals surface area contributed by atoms with E-state index in [4.69, 9.17) is 4.74 Å². The molecule has 0 fully saturated rings. The standard InChI is InChI=1S/C25H23N3O4/c1-16-7-4-11-20(13-16)25(31)32-21-12-6-10-19(14-21)15-26-28-24(30)23(29)27-22-17(2)8-5-9-18(22)3/h4-15H,1-3H3,(H,27,29)(H,28,30)/b26-15+. The number of anilines is 1. The number of hydrazone groups is 1. The number of para-hydroxylation sites is 1. The molecule has 32 heavy (non-hydrogen) atoms. The van der Waals surface area contributed by atoms with Gasteiger partial charge in [0, 0.05) is 5.69 Å². The largest absolute Gasteiger partial charge is 0.423 e. The Hall–Kier alpha value is -4.26. The summed E-state index contributed by atoms with van der Waals surface area (Å²) in [6, 6.07) is 19.3. The number of nitrogens with zero attached hydrogens (tertiary/aromatic N) is 1. The maximum Gasteiger partial charge on any atom is 0.343 e. The van der Waals surface area contributed by atoms with Crippen molar-refractivity contribution >= 4 is 29.7 Å². The summed E-state index contributed by atoms with van der Waals surface area (Å²) in [4.78, 5) is 36.5. The topological polar surface area (TPSA) is 96.9 Å². The van der Waals surface area contributed by atoms with Gasteiger partial charge in [-0.3, -0.25) is 9.59 Å². The second kappa shape index (κ2) is 10.2. The Morgan fingerprint density at radius 3 is 2.25 bits per heavy atom. The Balaban J connectivity index is 1.59. The average Bonchev–Trinajstić information content (AvgIpc) is 2.76. The third-order valence-electron chi connectivity index (χ3n) is 4.63. The molecule has 0 saturated heterocycles. The number of aryl methyl sites for hydroxylation is 3. The van der Waals surface area contributed by atoms with Crippen LogP contribution in [0.15, 0.2) is 71.8 Å². The Kier molecular flexibility index (Phi) is 7.13. The minimum atomic E-state index is -0.897. The fourth-order valence-electron chi connectivity index (χ4n) is 2.99. The van der Waals surface area contributed by atoms with E-state index >= 15 is 0 Å². The first kappa shape index (κ1) is 22.4. The van der Waals surface area contributed by atoms with Gasteiger partial charge in [-0.15, -0.1) is 0 Å². The van der Waals surface area contributed by atoms with Gasteiger partial charge < -0.3 is 10.1 Å². The fourth-order valence-corrected chi connectivity index (χ4v) is 2.99. The van der Waals surface area contributed by atoms with Crippen LogP contribution < -0.4 is 15.5 Å². The second-order valence-corrected chi connectivity index (χ2v) is 7.25. The quantitative estimate of drug-likeness (QED) is 0.211. The van der Waals surface area contributed by atoms with Crippen LogP contribution in [0.2, 0.25) is 0 Å². The van der Waals surface area contributed by atoms with Gasteiger partial charge in [0.15, 0.2) is 0 Å². The highest BCUT2D eigenvalue weighted by Crippen LogP contribution is 2.19. The number of hydrogen-bond donors (Lipinski definition) is 2. The summed E-state index contributed by atoms with van der Waals surface area (Å²) in [6.07, 6.45) is 1.36. The van der Waals surface area contributed by atoms with Crippen molar-refractivity contribution in [1.29, 1.82) is 0 Å². The second-order valence-electron chi connectivity index (χ2n) is 7.25. The molecule has 0 aliphatic carbocycles.